The first-order chi connectivity index (χ1) is 6.83. The highest BCUT2D eigenvalue weighted by Crippen LogP contribution is 1.95. The van der Waals surface area contributed by atoms with Crippen molar-refractivity contribution in [1.29, 1.82) is 0 Å². The van der Waals surface area contributed by atoms with E-state index in [1.54, 1.807) is 0 Å². The Morgan fingerprint density at radius 1 is 1.57 bits per heavy atom. The van der Waals surface area contributed by atoms with E-state index in [2.05, 4.69) is 26.9 Å². The summed E-state index contributed by atoms with van der Waals surface area (Å²) in [5, 5.41) is 3.31. The zero-order chi connectivity index (χ0) is 10.2. The van der Waals surface area contributed by atoms with Gasteiger partial charge in [-0.3, -0.25) is 0 Å². The standard InChI is InChI=1S/C9H7FN4/c10-8-4-5-9(12-7-8)3-1-2-6-13-14-11/h4-5,7H,2,6H2. The van der Waals surface area contributed by atoms with E-state index in [1.165, 1.54) is 12.1 Å². The maximum absolute atomic E-state index is 12.4. The molecule has 4 nitrogen and oxygen atoms in total. The van der Waals surface area contributed by atoms with Gasteiger partial charge in [0.25, 0.3) is 0 Å². The number of hydrogen-bond acceptors (Lipinski definition) is 2. The molecule has 0 aliphatic carbocycles. The second kappa shape index (κ2) is 5.57. The molecular weight excluding hydrogens is 183 g/mol. The van der Waals surface area contributed by atoms with Gasteiger partial charge in [-0.25, -0.2) is 9.37 Å². The highest BCUT2D eigenvalue weighted by Gasteiger charge is 1.89. The van der Waals surface area contributed by atoms with Gasteiger partial charge in [-0.05, 0) is 23.6 Å². The van der Waals surface area contributed by atoms with Crippen LogP contribution in [0.2, 0.25) is 0 Å². The molecule has 70 valence electrons. The minimum Gasteiger partial charge on any atom is -0.245 e. The summed E-state index contributed by atoms with van der Waals surface area (Å²) < 4.78 is 12.4. The molecule has 0 unspecified atom stereocenters. The van der Waals surface area contributed by atoms with E-state index in [9.17, 15) is 4.39 Å². The molecule has 0 spiro atoms. The van der Waals surface area contributed by atoms with Crippen molar-refractivity contribution >= 4 is 0 Å². The van der Waals surface area contributed by atoms with Gasteiger partial charge in [-0.2, -0.15) is 0 Å². The average molecular weight is 190 g/mol. The summed E-state index contributed by atoms with van der Waals surface area (Å²) in [5.41, 5.74) is 8.48. The Kier molecular flexibility index (Phi) is 3.99. The fraction of sp³-hybridized carbons (Fsp3) is 0.222. The Morgan fingerprint density at radius 3 is 3.07 bits per heavy atom. The zero-order valence-corrected chi connectivity index (χ0v) is 7.31. The Balaban J connectivity index is 2.51. The molecule has 0 radical (unpaired) electrons. The van der Waals surface area contributed by atoms with Crippen LogP contribution in [0.15, 0.2) is 23.4 Å². The number of pyridine rings is 1. The molecule has 0 aromatic carbocycles. The molecule has 0 amide bonds. The van der Waals surface area contributed by atoms with Crippen molar-refractivity contribution in [2.45, 2.75) is 6.42 Å². The number of aromatic nitrogens is 1. The summed E-state index contributed by atoms with van der Waals surface area (Å²) >= 11 is 0. The van der Waals surface area contributed by atoms with Gasteiger partial charge in [-0.1, -0.05) is 11.0 Å². The molecule has 0 N–H and O–H groups in total. The van der Waals surface area contributed by atoms with Crippen molar-refractivity contribution in [2.75, 3.05) is 6.54 Å². The van der Waals surface area contributed by atoms with Crippen LogP contribution in [0.5, 0.6) is 0 Å². The molecule has 1 aromatic rings. The molecule has 0 saturated heterocycles. The van der Waals surface area contributed by atoms with Gasteiger partial charge in [0.05, 0.1) is 6.20 Å². The molecule has 0 bridgehead atoms. The lowest BCUT2D eigenvalue weighted by atomic mass is 10.3. The summed E-state index contributed by atoms with van der Waals surface area (Å²) in [6, 6.07) is 2.79. The maximum Gasteiger partial charge on any atom is 0.141 e. The molecular formula is C9H7FN4. The van der Waals surface area contributed by atoms with Crippen LogP contribution in [0.3, 0.4) is 0 Å². The highest BCUT2D eigenvalue weighted by molar-refractivity contribution is 5.26. The molecule has 1 rings (SSSR count). The van der Waals surface area contributed by atoms with Crippen molar-refractivity contribution in [3.8, 4) is 11.8 Å². The molecule has 1 heterocycles. The topological polar surface area (TPSA) is 61.7 Å². The van der Waals surface area contributed by atoms with Crippen LogP contribution in [0.25, 0.3) is 10.4 Å². The van der Waals surface area contributed by atoms with Gasteiger partial charge >= 0.3 is 0 Å². The van der Waals surface area contributed by atoms with Crippen molar-refractivity contribution in [3.63, 3.8) is 0 Å². The number of azide groups is 1. The third-order valence-corrected chi connectivity index (χ3v) is 1.34. The summed E-state index contributed by atoms with van der Waals surface area (Å²) in [4.78, 5) is 6.33. The van der Waals surface area contributed by atoms with Gasteiger partial charge in [0.2, 0.25) is 0 Å². The Hall–Kier alpha value is -2.05. The van der Waals surface area contributed by atoms with E-state index in [0.717, 1.165) is 6.20 Å². The molecule has 0 aliphatic heterocycles. The summed E-state index contributed by atoms with van der Waals surface area (Å²) in [6.07, 6.45) is 1.58. The van der Waals surface area contributed by atoms with Crippen LogP contribution in [0.4, 0.5) is 4.39 Å². The van der Waals surface area contributed by atoms with Crippen molar-refractivity contribution in [2.24, 2.45) is 5.11 Å². The largest absolute Gasteiger partial charge is 0.245 e. The molecule has 5 heteroatoms. The average Bonchev–Trinajstić information content (AvgIpc) is 2.21. The third kappa shape index (κ3) is 3.57. The van der Waals surface area contributed by atoms with E-state index in [4.69, 9.17) is 5.53 Å². The third-order valence-electron chi connectivity index (χ3n) is 1.34. The maximum atomic E-state index is 12.4. The zero-order valence-electron chi connectivity index (χ0n) is 7.31. The molecule has 1 aromatic heterocycles. The van der Waals surface area contributed by atoms with Crippen molar-refractivity contribution in [3.05, 3.63) is 40.3 Å². The Labute approximate surface area is 80.4 Å². The fourth-order valence-electron chi connectivity index (χ4n) is 0.753. The van der Waals surface area contributed by atoms with Gasteiger partial charge in [0.1, 0.15) is 11.5 Å². The van der Waals surface area contributed by atoms with Crippen LogP contribution in [-0.4, -0.2) is 11.5 Å². The summed E-state index contributed by atoms with van der Waals surface area (Å²) in [6.45, 7) is 0.338. The predicted molar refractivity (Wildman–Crippen MR) is 49.7 cm³/mol. The lowest BCUT2D eigenvalue weighted by Crippen LogP contribution is -1.83. The second-order valence-corrected chi connectivity index (χ2v) is 2.37. The quantitative estimate of drug-likeness (QED) is 0.232. The molecule has 0 atom stereocenters. The number of hydrogen-bond donors (Lipinski definition) is 0. The number of rotatable bonds is 2. The molecule has 14 heavy (non-hydrogen) atoms. The van der Waals surface area contributed by atoms with Gasteiger partial charge in [-0.15, -0.1) is 0 Å². The lowest BCUT2D eigenvalue weighted by Gasteiger charge is -1.87. The second-order valence-electron chi connectivity index (χ2n) is 2.37. The van der Waals surface area contributed by atoms with E-state index >= 15 is 0 Å². The van der Waals surface area contributed by atoms with Crippen LogP contribution < -0.4 is 0 Å². The van der Waals surface area contributed by atoms with Crippen LogP contribution in [0, 0.1) is 17.7 Å². The smallest absolute Gasteiger partial charge is 0.141 e. The number of nitrogens with zero attached hydrogens (tertiary/aromatic N) is 4. The Bertz CT molecular complexity index is 395. The van der Waals surface area contributed by atoms with Crippen LogP contribution in [0.1, 0.15) is 12.1 Å². The molecule has 0 aliphatic rings. The summed E-state index contributed by atoms with van der Waals surface area (Å²) in [7, 11) is 0. The van der Waals surface area contributed by atoms with E-state index in [1.807, 2.05) is 0 Å². The van der Waals surface area contributed by atoms with Gasteiger partial charge in [0, 0.05) is 17.9 Å². The van der Waals surface area contributed by atoms with Gasteiger partial charge < -0.3 is 0 Å². The van der Waals surface area contributed by atoms with Crippen LogP contribution in [-0.2, 0) is 0 Å². The Morgan fingerprint density at radius 2 is 2.43 bits per heavy atom. The minimum absolute atomic E-state index is 0.338. The number of halogens is 1. The first kappa shape index (κ1) is 10.0. The van der Waals surface area contributed by atoms with Crippen LogP contribution >= 0.6 is 0 Å². The van der Waals surface area contributed by atoms with Gasteiger partial charge in [0.15, 0.2) is 0 Å². The van der Waals surface area contributed by atoms with E-state index in [0.29, 0.717) is 18.7 Å². The first-order valence-electron chi connectivity index (χ1n) is 3.94. The summed E-state index contributed by atoms with van der Waals surface area (Å²) in [5.74, 6) is 5.09. The van der Waals surface area contributed by atoms with E-state index in [-0.39, 0.29) is 5.82 Å². The SMILES string of the molecule is [N-]=[N+]=NCCC#Cc1ccc(F)cn1. The van der Waals surface area contributed by atoms with Crippen molar-refractivity contribution < 1.29 is 4.39 Å². The van der Waals surface area contributed by atoms with Crippen molar-refractivity contribution in [1.82, 2.24) is 4.98 Å². The highest BCUT2D eigenvalue weighted by atomic mass is 19.1. The normalized spacial score (nSPS) is 8.36. The predicted octanol–water partition coefficient (Wildman–Crippen LogP) is 2.27. The van der Waals surface area contributed by atoms with E-state index < -0.39 is 0 Å². The molecule has 0 saturated carbocycles. The monoisotopic (exact) mass is 190 g/mol. The molecule has 0 fully saturated rings. The fourth-order valence-corrected chi connectivity index (χ4v) is 0.753. The minimum atomic E-state index is -0.385. The first-order valence-corrected chi connectivity index (χ1v) is 3.94. The lowest BCUT2D eigenvalue weighted by molar-refractivity contribution is 0.621.